The summed E-state index contributed by atoms with van der Waals surface area (Å²) in [4.78, 5) is 2.33. The van der Waals surface area contributed by atoms with Crippen LogP contribution in [-0.2, 0) is 13.0 Å². The highest BCUT2D eigenvalue weighted by Crippen LogP contribution is 2.31. The molecule has 0 fully saturated rings. The van der Waals surface area contributed by atoms with E-state index in [9.17, 15) is 4.39 Å². The van der Waals surface area contributed by atoms with Crippen molar-refractivity contribution in [3.63, 3.8) is 0 Å². The Kier molecular flexibility index (Phi) is 3.15. The number of nitrogens with zero attached hydrogens (tertiary/aromatic N) is 1. The lowest BCUT2D eigenvalue weighted by Gasteiger charge is -2.29. The van der Waals surface area contributed by atoms with Crippen LogP contribution >= 0.6 is 0 Å². The van der Waals surface area contributed by atoms with E-state index in [0.29, 0.717) is 5.75 Å². The molecule has 88 valence electrons. The second-order valence-corrected chi connectivity index (χ2v) is 4.29. The van der Waals surface area contributed by atoms with E-state index in [1.807, 2.05) is 6.92 Å². The van der Waals surface area contributed by atoms with Crippen molar-refractivity contribution < 1.29 is 9.13 Å². The van der Waals surface area contributed by atoms with Crippen LogP contribution in [0.2, 0.25) is 0 Å². The first kappa shape index (κ1) is 11.4. The fourth-order valence-corrected chi connectivity index (χ4v) is 2.34. The van der Waals surface area contributed by atoms with Gasteiger partial charge in [-0.3, -0.25) is 4.90 Å². The molecule has 0 saturated heterocycles. The van der Waals surface area contributed by atoms with Crippen LogP contribution in [-0.4, -0.2) is 25.1 Å². The fraction of sp³-hybridized carbons (Fsp3) is 0.538. The van der Waals surface area contributed by atoms with Gasteiger partial charge >= 0.3 is 0 Å². The van der Waals surface area contributed by atoms with Gasteiger partial charge in [-0.2, -0.15) is 0 Å². The molecular weight excluding hydrogens is 205 g/mol. The number of hydrogen-bond acceptors (Lipinski definition) is 2. The average Bonchev–Trinajstić information content (AvgIpc) is 2.33. The summed E-state index contributed by atoms with van der Waals surface area (Å²) in [6.07, 6.45) is 0.785. The Morgan fingerprint density at radius 2 is 2.19 bits per heavy atom. The summed E-state index contributed by atoms with van der Waals surface area (Å²) in [7, 11) is 1.52. The Bertz CT molecular complexity index is 403. The first-order chi connectivity index (χ1) is 7.67. The number of fused-ring (bicyclic) bond motifs is 1. The highest BCUT2D eigenvalue weighted by atomic mass is 19.1. The van der Waals surface area contributed by atoms with E-state index in [2.05, 4.69) is 11.8 Å². The van der Waals surface area contributed by atoms with E-state index in [1.54, 1.807) is 6.07 Å². The highest BCUT2D eigenvalue weighted by Gasteiger charge is 2.22. The van der Waals surface area contributed by atoms with Crippen LogP contribution in [0.4, 0.5) is 4.39 Å². The van der Waals surface area contributed by atoms with Crippen LogP contribution in [0.5, 0.6) is 5.75 Å². The molecule has 16 heavy (non-hydrogen) atoms. The van der Waals surface area contributed by atoms with Crippen LogP contribution in [0.25, 0.3) is 0 Å². The minimum atomic E-state index is -0.168. The van der Waals surface area contributed by atoms with Crippen LogP contribution in [0.1, 0.15) is 23.6 Å². The summed E-state index contributed by atoms with van der Waals surface area (Å²) < 4.78 is 19.1. The zero-order valence-corrected chi connectivity index (χ0v) is 10.1. The summed E-state index contributed by atoms with van der Waals surface area (Å²) >= 11 is 0. The van der Waals surface area contributed by atoms with Gasteiger partial charge in [0, 0.05) is 13.1 Å². The lowest BCUT2D eigenvalue weighted by atomic mass is 9.94. The molecule has 2 rings (SSSR count). The van der Waals surface area contributed by atoms with E-state index in [1.165, 1.54) is 7.11 Å². The highest BCUT2D eigenvalue weighted by molar-refractivity contribution is 5.44. The van der Waals surface area contributed by atoms with Gasteiger partial charge in [-0.15, -0.1) is 0 Å². The van der Waals surface area contributed by atoms with Crippen molar-refractivity contribution >= 4 is 0 Å². The standard InChI is InChI=1S/C13H18FNO/c1-4-15-6-5-10-11(8-15)9(2)7-12(16-3)13(10)14/h7H,4-6,8H2,1-3H3. The van der Waals surface area contributed by atoms with Crippen molar-refractivity contribution in [3.05, 3.63) is 28.6 Å². The zero-order chi connectivity index (χ0) is 11.7. The number of methoxy groups -OCH3 is 1. The maximum absolute atomic E-state index is 14.0. The minimum Gasteiger partial charge on any atom is -0.494 e. The predicted molar refractivity (Wildman–Crippen MR) is 62.3 cm³/mol. The minimum absolute atomic E-state index is 0.168. The van der Waals surface area contributed by atoms with Crippen LogP contribution in [0.15, 0.2) is 6.07 Å². The van der Waals surface area contributed by atoms with Crippen molar-refractivity contribution in [2.45, 2.75) is 26.8 Å². The molecule has 0 spiro atoms. The van der Waals surface area contributed by atoms with Crippen molar-refractivity contribution in [2.75, 3.05) is 20.2 Å². The molecule has 0 N–H and O–H groups in total. The number of ether oxygens (including phenoxy) is 1. The normalized spacial score (nSPS) is 16.0. The molecule has 0 aromatic heterocycles. The molecular formula is C13H18FNO. The predicted octanol–water partition coefficient (Wildman–Crippen LogP) is 2.52. The molecule has 2 nitrogen and oxygen atoms in total. The second-order valence-electron chi connectivity index (χ2n) is 4.29. The van der Waals surface area contributed by atoms with E-state index < -0.39 is 0 Å². The summed E-state index contributed by atoms with van der Waals surface area (Å²) in [5.41, 5.74) is 3.12. The van der Waals surface area contributed by atoms with Crippen LogP contribution in [0.3, 0.4) is 0 Å². The van der Waals surface area contributed by atoms with Crippen molar-refractivity contribution in [1.29, 1.82) is 0 Å². The molecule has 1 aliphatic rings. The lowest BCUT2D eigenvalue weighted by Crippen LogP contribution is -2.31. The summed E-state index contributed by atoms with van der Waals surface area (Å²) in [5.74, 6) is 0.208. The number of halogens is 1. The van der Waals surface area contributed by atoms with Gasteiger partial charge in [0.2, 0.25) is 0 Å². The van der Waals surface area contributed by atoms with Gasteiger partial charge < -0.3 is 4.74 Å². The quantitative estimate of drug-likeness (QED) is 0.764. The van der Waals surface area contributed by atoms with Gasteiger partial charge in [0.05, 0.1) is 7.11 Å². The molecule has 3 heteroatoms. The fourth-order valence-electron chi connectivity index (χ4n) is 2.34. The molecule has 0 unspecified atom stereocenters. The third-order valence-electron chi connectivity index (χ3n) is 3.40. The Morgan fingerprint density at radius 1 is 1.44 bits per heavy atom. The summed E-state index contributed by atoms with van der Waals surface area (Å²) in [5, 5.41) is 0. The van der Waals surface area contributed by atoms with E-state index in [0.717, 1.165) is 42.7 Å². The molecule has 0 saturated carbocycles. The molecule has 1 heterocycles. The van der Waals surface area contributed by atoms with Crippen LogP contribution in [0, 0.1) is 12.7 Å². The number of aryl methyl sites for hydroxylation is 1. The third-order valence-corrected chi connectivity index (χ3v) is 3.40. The van der Waals surface area contributed by atoms with Gasteiger partial charge in [0.25, 0.3) is 0 Å². The van der Waals surface area contributed by atoms with Gasteiger partial charge in [-0.25, -0.2) is 4.39 Å². The molecule has 0 radical (unpaired) electrons. The first-order valence-electron chi connectivity index (χ1n) is 5.74. The average molecular weight is 223 g/mol. The van der Waals surface area contributed by atoms with Crippen molar-refractivity contribution in [3.8, 4) is 5.75 Å². The van der Waals surface area contributed by atoms with Gasteiger partial charge in [-0.05, 0) is 42.6 Å². The number of likely N-dealkylation sites (N-methyl/N-ethyl adjacent to an activating group) is 1. The van der Waals surface area contributed by atoms with E-state index in [4.69, 9.17) is 4.74 Å². The zero-order valence-electron chi connectivity index (χ0n) is 10.1. The summed E-state index contributed by atoms with van der Waals surface area (Å²) in [6, 6.07) is 1.80. The van der Waals surface area contributed by atoms with Crippen molar-refractivity contribution in [2.24, 2.45) is 0 Å². The van der Waals surface area contributed by atoms with E-state index in [-0.39, 0.29) is 5.82 Å². The number of rotatable bonds is 2. The Labute approximate surface area is 96.0 Å². The second kappa shape index (κ2) is 4.42. The number of benzene rings is 1. The third kappa shape index (κ3) is 1.80. The molecule has 0 bridgehead atoms. The van der Waals surface area contributed by atoms with Crippen LogP contribution < -0.4 is 4.74 Å². The molecule has 1 aromatic rings. The largest absolute Gasteiger partial charge is 0.494 e. The Morgan fingerprint density at radius 3 is 2.81 bits per heavy atom. The van der Waals surface area contributed by atoms with Gasteiger partial charge in [0.15, 0.2) is 11.6 Å². The van der Waals surface area contributed by atoms with E-state index >= 15 is 0 Å². The topological polar surface area (TPSA) is 12.5 Å². The molecule has 1 aliphatic heterocycles. The molecule has 0 amide bonds. The SMILES string of the molecule is CCN1CCc2c(F)c(OC)cc(C)c2C1. The Balaban J connectivity index is 2.46. The molecule has 0 aliphatic carbocycles. The van der Waals surface area contributed by atoms with Gasteiger partial charge in [0.1, 0.15) is 0 Å². The number of hydrogen-bond donors (Lipinski definition) is 0. The van der Waals surface area contributed by atoms with Crippen molar-refractivity contribution in [1.82, 2.24) is 4.90 Å². The monoisotopic (exact) mass is 223 g/mol. The maximum Gasteiger partial charge on any atom is 0.168 e. The molecule has 0 atom stereocenters. The first-order valence-corrected chi connectivity index (χ1v) is 5.74. The summed E-state index contributed by atoms with van der Waals surface area (Å²) in [6.45, 7) is 6.98. The smallest absolute Gasteiger partial charge is 0.168 e. The maximum atomic E-state index is 14.0. The Hall–Kier alpha value is -1.09. The van der Waals surface area contributed by atoms with Gasteiger partial charge in [-0.1, -0.05) is 6.92 Å². The molecule has 1 aromatic carbocycles. The lowest BCUT2D eigenvalue weighted by molar-refractivity contribution is 0.262.